The molecule has 0 unspecified atom stereocenters. The minimum Gasteiger partial charge on any atom is -0.245 e. The van der Waals surface area contributed by atoms with Crippen molar-refractivity contribution >= 4 is 0 Å². The van der Waals surface area contributed by atoms with Gasteiger partial charge >= 0.3 is 0 Å². The van der Waals surface area contributed by atoms with Gasteiger partial charge < -0.3 is 0 Å². The maximum absolute atomic E-state index is 12.4. The molecule has 92 valence electrons. The molecular formula is C13H33F. The Kier molecular flexibility index (Phi) is 38.9. The monoisotopic (exact) mass is 208 g/mol. The van der Waals surface area contributed by atoms with Crippen molar-refractivity contribution in [3.63, 3.8) is 0 Å². The van der Waals surface area contributed by atoms with Crippen molar-refractivity contribution in [3.8, 4) is 0 Å². The van der Waals surface area contributed by atoms with Crippen molar-refractivity contribution in [1.29, 1.82) is 0 Å². The molecule has 14 heavy (non-hydrogen) atoms. The molecule has 0 fully saturated rings. The van der Waals surface area contributed by atoms with Crippen LogP contribution in [0, 0.1) is 0 Å². The van der Waals surface area contributed by atoms with E-state index in [1.807, 2.05) is 34.6 Å². The molecule has 0 aromatic heterocycles. The summed E-state index contributed by atoms with van der Waals surface area (Å²) in [5.74, 6) is 0. The molecule has 0 spiro atoms. The molecule has 0 heterocycles. The quantitative estimate of drug-likeness (QED) is 0.522. The smallest absolute Gasteiger partial charge is 0.105 e. The largest absolute Gasteiger partial charge is 0.245 e. The normalized spacial score (nSPS) is 8.14. The Bertz CT molecular complexity index is 52.7. The lowest BCUT2D eigenvalue weighted by Crippen LogP contribution is -2.09. The van der Waals surface area contributed by atoms with E-state index in [-0.39, 0.29) is 0 Å². The van der Waals surface area contributed by atoms with E-state index in [0.717, 1.165) is 6.42 Å². The van der Waals surface area contributed by atoms with Gasteiger partial charge in [0.25, 0.3) is 0 Å². The van der Waals surface area contributed by atoms with Crippen molar-refractivity contribution in [2.24, 2.45) is 0 Å². The first-order chi connectivity index (χ1) is 6.47. The van der Waals surface area contributed by atoms with Gasteiger partial charge in [0.2, 0.25) is 0 Å². The minimum absolute atomic E-state index is 0.674. The topological polar surface area (TPSA) is 0 Å². The van der Waals surface area contributed by atoms with E-state index in [0.29, 0.717) is 6.42 Å². The molecule has 0 radical (unpaired) electrons. The lowest BCUT2D eigenvalue weighted by Gasteiger charge is -2.10. The summed E-state index contributed by atoms with van der Waals surface area (Å²) in [4.78, 5) is 0. The predicted octanol–water partition coefficient (Wildman–Crippen LogP) is 6.00. The van der Waals surface area contributed by atoms with Gasteiger partial charge in [0.1, 0.15) is 5.67 Å². The molecule has 0 saturated heterocycles. The second kappa shape index (κ2) is 23.1. The molecule has 1 heteroatoms. The summed E-state index contributed by atoms with van der Waals surface area (Å²) in [5, 5.41) is 0. The summed E-state index contributed by atoms with van der Waals surface area (Å²) in [5.41, 5.74) is -0.950. The average Bonchev–Trinajstić information content (AvgIpc) is 2.11. The Labute approximate surface area is 92.3 Å². The average molecular weight is 208 g/mol. The summed E-state index contributed by atoms with van der Waals surface area (Å²) in [7, 11) is 0. The highest BCUT2D eigenvalue weighted by Crippen LogP contribution is 2.14. The third-order valence-corrected chi connectivity index (χ3v) is 0.844. The Morgan fingerprint density at radius 3 is 1.07 bits per heavy atom. The minimum atomic E-state index is -0.950. The molecule has 0 amide bonds. The number of hydrogen-bond acceptors (Lipinski definition) is 0. The van der Waals surface area contributed by atoms with Gasteiger partial charge in [-0.2, -0.15) is 0 Å². The summed E-state index contributed by atoms with van der Waals surface area (Å²) in [6.07, 6.45) is 2.86. The molecule has 0 saturated carbocycles. The van der Waals surface area contributed by atoms with Gasteiger partial charge in [-0.05, 0) is 20.3 Å². The molecule has 0 aliphatic carbocycles. The number of hydrogen-bond donors (Lipinski definition) is 0. The zero-order valence-corrected chi connectivity index (χ0v) is 12.0. The Balaban J connectivity index is -0.0000000603. The number of halogens is 1. The number of rotatable bonds is 2. The van der Waals surface area contributed by atoms with Crippen LogP contribution in [0.3, 0.4) is 0 Å². The van der Waals surface area contributed by atoms with Gasteiger partial charge in [0.05, 0.1) is 0 Å². The summed E-state index contributed by atoms with van der Waals surface area (Å²) < 4.78 is 12.4. The van der Waals surface area contributed by atoms with E-state index in [4.69, 9.17) is 0 Å². The van der Waals surface area contributed by atoms with Crippen molar-refractivity contribution in [2.45, 2.75) is 87.2 Å². The van der Waals surface area contributed by atoms with Crippen molar-refractivity contribution < 1.29 is 4.39 Å². The van der Waals surface area contributed by atoms with E-state index in [1.165, 1.54) is 6.42 Å². The second-order valence-electron chi connectivity index (χ2n) is 3.18. The van der Waals surface area contributed by atoms with E-state index in [2.05, 4.69) is 13.8 Å². The maximum atomic E-state index is 12.4. The summed E-state index contributed by atoms with van der Waals surface area (Å²) in [6.45, 7) is 17.5. The van der Waals surface area contributed by atoms with Crippen LogP contribution in [0.2, 0.25) is 0 Å². The Morgan fingerprint density at radius 1 is 0.857 bits per heavy atom. The molecule has 0 aliphatic rings. The Hall–Kier alpha value is -0.0700. The Morgan fingerprint density at radius 2 is 1.07 bits per heavy atom. The zero-order chi connectivity index (χ0) is 12.6. The molecule has 0 aromatic carbocycles. The summed E-state index contributed by atoms with van der Waals surface area (Å²) in [6, 6.07) is 0. The van der Waals surface area contributed by atoms with Crippen LogP contribution in [0.15, 0.2) is 0 Å². The van der Waals surface area contributed by atoms with E-state index in [1.54, 1.807) is 13.8 Å². The van der Waals surface area contributed by atoms with Crippen LogP contribution in [-0.2, 0) is 0 Å². The van der Waals surface area contributed by atoms with Crippen molar-refractivity contribution in [2.75, 3.05) is 0 Å². The molecule has 0 bridgehead atoms. The highest BCUT2D eigenvalue weighted by Gasteiger charge is 2.11. The van der Waals surface area contributed by atoms with E-state index in [9.17, 15) is 4.39 Å². The van der Waals surface area contributed by atoms with Gasteiger partial charge in [0, 0.05) is 0 Å². The summed E-state index contributed by atoms with van der Waals surface area (Å²) >= 11 is 0. The fourth-order valence-corrected chi connectivity index (χ4v) is 0.594. The van der Waals surface area contributed by atoms with E-state index >= 15 is 0 Å². The molecule has 0 atom stereocenters. The molecule has 0 N–H and O–H groups in total. The lowest BCUT2D eigenvalue weighted by atomic mass is 10.1. The van der Waals surface area contributed by atoms with Gasteiger partial charge in [-0.15, -0.1) is 0 Å². The van der Waals surface area contributed by atoms with Crippen LogP contribution in [0.1, 0.15) is 81.6 Å². The highest BCUT2D eigenvalue weighted by molar-refractivity contribution is 4.62. The third-order valence-electron chi connectivity index (χ3n) is 0.844. The molecule has 0 nitrogen and oxygen atoms in total. The van der Waals surface area contributed by atoms with E-state index < -0.39 is 5.67 Å². The van der Waals surface area contributed by atoms with Crippen molar-refractivity contribution in [3.05, 3.63) is 0 Å². The van der Waals surface area contributed by atoms with Gasteiger partial charge in [-0.3, -0.25) is 0 Å². The fourth-order valence-electron chi connectivity index (χ4n) is 0.594. The van der Waals surface area contributed by atoms with Crippen LogP contribution in [0.25, 0.3) is 0 Å². The zero-order valence-electron chi connectivity index (χ0n) is 12.0. The van der Waals surface area contributed by atoms with Crippen LogP contribution >= 0.6 is 0 Å². The highest BCUT2D eigenvalue weighted by atomic mass is 19.1. The first-order valence-corrected chi connectivity index (χ1v) is 6.16. The van der Waals surface area contributed by atoms with Crippen LogP contribution in [0.4, 0.5) is 4.39 Å². The lowest BCUT2D eigenvalue weighted by molar-refractivity contribution is 0.200. The SMILES string of the molecule is CC.CC.CCC.CCCC(C)(C)F. The third kappa shape index (κ3) is 92.3. The van der Waals surface area contributed by atoms with Gasteiger partial charge in [-0.1, -0.05) is 61.3 Å². The van der Waals surface area contributed by atoms with Crippen LogP contribution < -0.4 is 0 Å². The van der Waals surface area contributed by atoms with Gasteiger partial charge in [0.15, 0.2) is 0 Å². The van der Waals surface area contributed by atoms with Crippen LogP contribution in [-0.4, -0.2) is 5.67 Å². The van der Waals surface area contributed by atoms with Gasteiger partial charge in [-0.25, -0.2) is 4.39 Å². The standard InChI is InChI=1S/C6H13F.C3H8.2C2H6/c1-4-5-6(2,3)7;1-3-2;2*1-2/h4-5H2,1-3H3;3H2,1-2H3;2*1-2H3. The maximum Gasteiger partial charge on any atom is 0.105 e. The second-order valence-corrected chi connectivity index (χ2v) is 3.18. The molecule has 0 aliphatic heterocycles. The molecular weight excluding hydrogens is 175 g/mol. The first kappa shape index (κ1) is 23.6. The number of alkyl halides is 1. The van der Waals surface area contributed by atoms with Crippen LogP contribution in [0.5, 0.6) is 0 Å². The molecule has 0 aromatic rings. The fraction of sp³-hybridized carbons (Fsp3) is 1.00. The molecule has 0 rings (SSSR count). The first-order valence-electron chi connectivity index (χ1n) is 6.16. The predicted molar refractivity (Wildman–Crippen MR) is 68.8 cm³/mol. The van der Waals surface area contributed by atoms with Crippen molar-refractivity contribution in [1.82, 2.24) is 0 Å².